The number of methoxy groups -OCH3 is 1. The summed E-state index contributed by atoms with van der Waals surface area (Å²) < 4.78 is 30.1. The normalized spacial score (nSPS) is 11.0. The zero-order chi connectivity index (χ0) is 17.7. The molecule has 0 heterocycles. The third kappa shape index (κ3) is 4.84. The van der Waals surface area contributed by atoms with Crippen LogP contribution >= 0.6 is 22.6 Å². The predicted molar refractivity (Wildman–Crippen MR) is 102 cm³/mol. The summed E-state index contributed by atoms with van der Waals surface area (Å²) in [7, 11) is -2.11. The van der Waals surface area contributed by atoms with Gasteiger partial charge in [-0.05, 0) is 59.0 Å². The molecule has 2 rings (SSSR count). The van der Waals surface area contributed by atoms with E-state index in [4.69, 9.17) is 4.74 Å². The summed E-state index contributed by atoms with van der Waals surface area (Å²) >= 11 is 2.18. The SMILES string of the molecule is COc1cccc(NCC(=O)Nc2ccc(I)cc2)c1S(C)(=O)=O. The van der Waals surface area contributed by atoms with Crippen molar-refractivity contribution in [2.24, 2.45) is 0 Å². The number of hydrogen-bond donors (Lipinski definition) is 2. The number of amides is 1. The third-order valence-electron chi connectivity index (χ3n) is 3.14. The maximum absolute atomic E-state index is 12.0. The first-order chi connectivity index (χ1) is 11.3. The van der Waals surface area contributed by atoms with E-state index in [-0.39, 0.29) is 23.1 Å². The lowest BCUT2D eigenvalue weighted by Gasteiger charge is -2.14. The number of nitrogens with one attached hydrogen (secondary N) is 2. The van der Waals surface area contributed by atoms with Crippen LogP contribution in [0.3, 0.4) is 0 Å². The Balaban J connectivity index is 2.11. The molecule has 0 unspecified atom stereocenters. The summed E-state index contributed by atoms with van der Waals surface area (Å²) in [5.74, 6) is -0.0426. The van der Waals surface area contributed by atoms with Gasteiger partial charge in [0.1, 0.15) is 10.6 Å². The second-order valence-corrected chi connectivity index (χ2v) is 8.22. The molecule has 0 saturated heterocycles. The maximum Gasteiger partial charge on any atom is 0.243 e. The summed E-state index contributed by atoms with van der Waals surface area (Å²) in [6.45, 7) is -0.0678. The number of ether oxygens (including phenoxy) is 1. The van der Waals surface area contributed by atoms with E-state index in [0.29, 0.717) is 11.4 Å². The summed E-state index contributed by atoms with van der Waals surface area (Å²) in [5, 5.41) is 5.59. The first-order valence-electron chi connectivity index (χ1n) is 6.97. The Hall–Kier alpha value is -1.81. The highest BCUT2D eigenvalue weighted by molar-refractivity contribution is 14.1. The molecular weight excluding hydrogens is 443 g/mol. The van der Waals surface area contributed by atoms with Crippen LogP contribution in [0.5, 0.6) is 5.75 Å². The van der Waals surface area contributed by atoms with Gasteiger partial charge in [-0.1, -0.05) is 6.07 Å². The van der Waals surface area contributed by atoms with Gasteiger partial charge in [0, 0.05) is 15.5 Å². The molecule has 1 amide bonds. The predicted octanol–water partition coefficient (Wildman–Crippen LogP) is 2.75. The fourth-order valence-corrected chi connectivity index (χ4v) is 3.53. The van der Waals surface area contributed by atoms with Crippen molar-refractivity contribution in [2.75, 3.05) is 30.5 Å². The maximum atomic E-state index is 12.0. The highest BCUT2D eigenvalue weighted by atomic mass is 127. The summed E-state index contributed by atoms with van der Waals surface area (Å²) in [4.78, 5) is 12.1. The average molecular weight is 460 g/mol. The van der Waals surface area contributed by atoms with Crippen LogP contribution in [0.15, 0.2) is 47.4 Å². The van der Waals surface area contributed by atoms with Crippen molar-refractivity contribution in [3.8, 4) is 5.75 Å². The number of halogens is 1. The highest BCUT2D eigenvalue weighted by Crippen LogP contribution is 2.31. The van der Waals surface area contributed by atoms with Gasteiger partial charge in [-0.15, -0.1) is 0 Å². The zero-order valence-corrected chi connectivity index (χ0v) is 16.1. The standard InChI is InChI=1S/C16H17IN2O4S/c1-23-14-5-3-4-13(16(14)24(2,21)22)18-10-15(20)19-12-8-6-11(17)7-9-12/h3-9,18H,10H2,1-2H3,(H,19,20). The van der Waals surface area contributed by atoms with Crippen molar-refractivity contribution in [3.05, 3.63) is 46.0 Å². The van der Waals surface area contributed by atoms with Crippen LogP contribution in [0.2, 0.25) is 0 Å². The molecule has 2 aromatic carbocycles. The molecule has 24 heavy (non-hydrogen) atoms. The molecule has 2 N–H and O–H groups in total. The monoisotopic (exact) mass is 460 g/mol. The molecule has 0 bridgehead atoms. The lowest BCUT2D eigenvalue weighted by molar-refractivity contribution is -0.114. The van der Waals surface area contributed by atoms with E-state index < -0.39 is 9.84 Å². The van der Waals surface area contributed by atoms with Crippen LogP contribution in [0.25, 0.3) is 0 Å². The molecule has 6 nitrogen and oxygen atoms in total. The Labute approximate surface area is 154 Å². The van der Waals surface area contributed by atoms with Gasteiger partial charge in [0.25, 0.3) is 0 Å². The van der Waals surface area contributed by atoms with Gasteiger partial charge in [-0.25, -0.2) is 8.42 Å². The van der Waals surface area contributed by atoms with Gasteiger partial charge in [0.2, 0.25) is 5.91 Å². The lowest BCUT2D eigenvalue weighted by Crippen LogP contribution is -2.22. The minimum Gasteiger partial charge on any atom is -0.495 e. The summed E-state index contributed by atoms with van der Waals surface area (Å²) in [6.07, 6.45) is 1.10. The molecule has 8 heteroatoms. The second-order valence-electron chi connectivity index (χ2n) is 5.02. The Morgan fingerprint density at radius 3 is 2.42 bits per heavy atom. The van der Waals surface area contributed by atoms with E-state index >= 15 is 0 Å². The number of hydrogen-bond acceptors (Lipinski definition) is 5. The van der Waals surface area contributed by atoms with Gasteiger partial charge >= 0.3 is 0 Å². The zero-order valence-electron chi connectivity index (χ0n) is 13.2. The Kier molecular flexibility index (Phi) is 6.05. The molecule has 0 saturated carbocycles. The quantitative estimate of drug-likeness (QED) is 0.648. The molecule has 2 aromatic rings. The van der Waals surface area contributed by atoms with E-state index in [2.05, 4.69) is 33.2 Å². The summed E-state index contributed by atoms with van der Waals surface area (Å²) in [5.41, 5.74) is 1.01. The second kappa shape index (κ2) is 7.84. The van der Waals surface area contributed by atoms with Gasteiger partial charge in [0.05, 0.1) is 19.3 Å². The van der Waals surface area contributed by atoms with E-state index in [1.54, 1.807) is 30.3 Å². The number of carbonyl (C=O) groups is 1. The van der Waals surface area contributed by atoms with Gasteiger partial charge in [-0.2, -0.15) is 0 Å². The minimum atomic E-state index is -3.51. The van der Waals surface area contributed by atoms with E-state index in [1.165, 1.54) is 7.11 Å². The molecule has 0 aromatic heterocycles. The van der Waals surface area contributed by atoms with E-state index in [0.717, 1.165) is 9.83 Å². The lowest BCUT2D eigenvalue weighted by atomic mass is 10.3. The number of anilines is 2. The molecule has 0 aliphatic rings. The fraction of sp³-hybridized carbons (Fsp3) is 0.188. The van der Waals surface area contributed by atoms with E-state index in [1.807, 2.05) is 12.1 Å². The number of carbonyl (C=O) groups excluding carboxylic acids is 1. The molecule has 0 atom stereocenters. The van der Waals surface area contributed by atoms with Gasteiger partial charge in [0.15, 0.2) is 9.84 Å². The summed E-state index contributed by atoms with van der Waals surface area (Å²) in [6, 6.07) is 12.2. The number of sulfone groups is 1. The molecule has 0 spiro atoms. The topological polar surface area (TPSA) is 84.5 Å². The van der Waals surface area contributed by atoms with Crippen molar-refractivity contribution in [1.82, 2.24) is 0 Å². The smallest absolute Gasteiger partial charge is 0.243 e. The molecule has 0 fully saturated rings. The van der Waals surface area contributed by atoms with Crippen LogP contribution in [-0.2, 0) is 14.6 Å². The van der Waals surface area contributed by atoms with Crippen LogP contribution in [0.4, 0.5) is 11.4 Å². The molecule has 0 aliphatic heterocycles. The van der Waals surface area contributed by atoms with Crippen molar-refractivity contribution >= 4 is 49.7 Å². The molecule has 0 radical (unpaired) electrons. The molecule has 0 aliphatic carbocycles. The highest BCUT2D eigenvalue weighted by Gasteiger charge is 2.19. The molecular formula is C16H17IN2O4S. The molecule has 128 valence electrons. The van der Waals surface area contributed by atoms with E-state index in [9.17, 15) is 13.2 Å². The number of rotatable bonds is 6. The Morgan fingerprint density at radius 1 is 1.17 bits per heavy atom. The largest absolute Gasteiger partial charge is 0.495 e. The van der Waals surface area contributed by atoms with Crippen molar-refractivity contribution < 1.29 is 17.9 Å². The van der Waals surface area contributed by atoms with Gasteiger partial charge in [-0.3, -0.25) is 4.79 Å². The van der Waals surface area contributed by atoms with Crippen molar-refractivity contribution in [2.45, 2.75) is 4.90 Å². The van der Waals surface area contributed by atoms with Crippen LogP contribution in [0.1, 0.15) is 0 Å². The van der Waals surface area contributed by atoms with Crippen molar-refractivity contribution in [3.63, 3.8) is 0 Å². The third-order valence-corrected chi connectivity index (χ3v) is 5.02. The Morgan fingerprint density at radius 2 is 1.83 bits per heavy atom. The van der Waals surface area contributed by atoms with Gasteiger partial charge < -0.3 is 15.4 Å². The van der Waals surface area contributed by atoms with Crippen molar-refractivity contribution in [1.29, 1.82) is 0 Å². The van der Waals surface area contributed by atoms with Crippen LogP contribution in [0, 0.1) is 3.57 Å². The first-order valence-corrected chi connectivity index (χ1v) is 9.94. The Bertz CT molecular complexity index is 836. The minimum absolute atomic E-state index is 0.0366. The number of benzene rings is 2. The fourth-order valence-electron chi connectivity index (χ4n) is 2.11. The van der Waals surface area contributed by atoms with Crippen LogP contribution < -0.4 is 15.4 Å². The van der Waals surface area contributed by atoms with Crippen LogP contribution in [-0.4, -0.2) is 34.2 Å². The average Bonchev–Trinajstić information content (AvgIpc) is 2.53. The first kappa shape index (κ1) is 18.5.